The van der Waals surface area contributed by atoms with Gasteiger partial charge in [-0.2, -0.15) is 0 Å². The fourth-order valence-electron chi connectivity index (χ4n) is 2.05. The van der Waals surface area contributed by atoms with Gasteiger partial charge in [0, 0.05) is 17.3 Å². The van der Waals surface area contributed by atoms with E-state index in [1.807, 2.05) is 49.6 Å². The largest absolute Gasteiger partial charge is 0.383 e. The predicted octanol–water partition coefficient (Wildman–Crippen LogP) is 3.26. The van der Waals surface area contributed by atoms with Crippen LogP contribution in [0.4, 0.5) is 0 Å². The van der Waals surface area contributed by atoms with E-state index in [1.165, 1.54) is 12.4 Å². The van der Waals surface area contributed by atoms with Crippen molar-refractivity contribution in [2.75, 3.05) is 7.05 Å². The number of benzene rings is 1. The Morgan fingerprint density at radius 2 is 1.85 bits per heavy atom. The second kappa shape index (κ2) is 6.61. The Morgan fingerprint density at radius 3 is 2.50 bits per heavy atom. The summed E-state index contributed by atoms with van der Waals surface area (Å²) in [6, 6.07) is 11.8. The number of nitrogens with zero attached hydrogens (tertiary/aromatic N) is 1. The molecule has 0 amide bonds. The van der Waals surface area contributed by atoms with Crippen LogP contribution in [0.2, 0.25) is 0 Å². The molecule has 0 fully saturated rings. The van der Waals surface area contributed by atoms with Crippen molar-refractivity contribution in [1.29, 1.82) is 0 Å². The van der Waals surface area contributed by atoms with Gasteiger partial charge >= 0.3 is 0 Å². The first kappa shape index (κ1) is 14.7. The Labute approximate surface area is 122 Å². The van der Waals surface area contributed by atoms with Gasteiger partial charge in [-0.15, -0.1) is 11.3 Å². The maximum Gasteiger partial charge on any atom is 0.113 e. The SMILES string of the molecule is CN.Cc1cncc2sc(C(O)c3ccccc3)cc12. The van der Waals surface area contributed by atoms with Gasteiger partial charge in [0.05, 0.1) is 4.70 Å². The second-order valence-electron chi connectivity index (χ2n) is 4.33. The molecule has 104 valence electrons. The number of hydrogen-bond donors (Lipinski definition) is 2. The zero-order valence-corrected chi connectivity index (χ0v) is 12.4. The average molecular weight is 286 g/mol. The fourth-order valence-corrected chi connectivity index (χ4v) is 3.17. The summed E-state index contributed by atoms with van der Waals surface area (Å²) < 4.78 is 1.12. The van der Waals surface area contributed by atoms with Crippen molar-refractivity contribution < 1.29 is 5.11 Å². The first-order valence-corrected chi connectivity index (χ1v) is 7.22. The third-order valence-electron chi connectivity index (χ3n) is 3.05. The van der Waals surface area contributed by atoms with Gasteiger partial charge in [0.25, 0.3) is 0 Å². The molecule has 0 spiro atoms. The van der Waals surface area contributed by atoms with Crippen LogP contribution in [0, 0.1) is 6.92 Å². The Balaban J connectivity index is 0.000000704. The molecule has 4 heteroatoms. The smallest absolute Gasteiger partial charge is 0.113 e. The van der Waals surface area contributed by atoms with E-state index >= 15 is 0 Å². The molecule has 3 N–H and O–H groups in total. The highest BCUT2D eigenvalue weighted by molar-refractivity contribution is 7.19. The fraction of sp³-hybridized carbons (Fsp3) is 0.188. The van der Waals surface area contributed by atoms with Crippen LogP contribution in [0.1, 0.15) is 22.1 Å². The molecule has 0 saturated heterocycles. The van der Waals surface area contributed by atoms with E-state index in [0.29, 0.717) is 0 Å². The minimum atomic E-state index is -0.553. The number of aryl methyl sites for hydroxylation is 1. The highest BCUT2D eigenvalue weighted by Gasteiger charge is 2.14. The molecule has 1 unspecified atom stereocenters. The summed E-state index contributed by atoms with van der Waals surface area (Å²) >= 11 is 1.60. The van der Waals surface area contributed by atoms with Crippen molar-refractivity contribution in [2.45, 2.75) is 13.0 Å². The minimum absolute atomic E-state index is 0.553. The Kier molecular flexibility index (Phi) is 4.84. The third-order valence-corrected chi connectivity index (χ3v) is 4.17. The van der Waals surface area contributed by atoms with Crippen molar-refractivity contribution in [3.8, 4) is 0 Å². The zero-order chi connectivity index (χ0) is 14.5. The van der Waals surface area contributed by atoms with Crippen LogP contribution in [-0.2, 0) is 0 Å². The number of thiophene rings is 1. The van der Waals surface area contributed by atoms with Crippen LogP contribution in [0.5, 0.6) is 0 Å². The summed E-state index contributed by atoms with van der Waals surface area (Å²) in [5.41, 5.74) is 6.57. The number of nitrogens with two attached hydrogens (primary N) is 1. The van der Waals surface area contributed by atoms with Crippen LogP contribution in [0.25, 0.3) is 10.1 Å². The van der Waals surface area contributed by atoms with E-state index < -0.39 is 6.10 Å². The zero-order valence-electron chi connectivity index (χ0n) is 11.6. The van der Waals surface area contributed by atoms with Crippen molar-refractivity contribution in [3.63, 3.8) is 0 Å². The molecule has 3 rings (SSSR count). The molecule has 2 heterocycles. The first-order chi connectivity index (χ1) is 9.75. The van der Waals surface area contributed by atoms with Gasteiger partial charge in [0.15, 0.2) is 0 Å². The lowest BCUT2D eigenvalue weighted by Crippen LogP contribution is -1.95. The normalized spacial score (nSPS) is 11.8. The molecule has 1 aromatic carbocycles. The summed E-state index contributed by atoms with van der Waals surface area (Å²) in [5.74, 6) is 0. The summed E-state index contributed by atoms with van der Waals surface area (Å²) in [7, 11) is 1.50. The maximum absolute atomic E-state index is 10.4. The molecule has 0 aliphatic rings. The minimum Gasteiger partial charge on any atom is -0.383 e. The topological polar surface area (TPSA) is 59.1 Å². The van der Waals surface area contributed by atoms with E-state index in [0.717, 1.165) is 20.7 Å². The summed E-state index contributed by atoms with van der Waals surface area (Å²) in [6.07, 6.45) is 3.16. The Hall–Kier alpha value is -1.75. The number of aliphatic hydroxyl groups is 1. The summed E-state index contributed by atoms with van der Waals surface area (Å²) in [4.78, 5) is 5.15. The highest BCUT2D eigenvalue weighted by atomic mass is 32.1. The van der Waals surface area contributed by atoms with Crippen molar-refractivity contribution >= 4 is 21.4 Å². The van der Waals surface area contributed by atoms with Gasteiger partial charge in [0.1, 0.15) is 6.10 Å². The van der Waals surface area contributed by atoms with Crippen molar-refractivity contribution in [3.05, 3.63) is 64.8 Å². The lowest BCUT2D eigenvalue weighted by molar-refractivity contribution is 0.224. The molecular weight excluding hydrogens is 268 g/mol. The van der Waals surface area contributed by atoms with Crippen LogP contribution in [0.15, 0.2) is 48.8 Å². The van der Waals surface area contributed by atoms with Crippen LogP contribution in [-0.4, -0.2) is 17.1 Å². The average Bonchev–Trinajstić information content (AvgIpc) is 2.95. The monoisotopic (exact) mass is 286 g/mol. The molecule has 1 atom stereocenters. The first-order valence-electron chi connectivity index (χ1n) is 6.40. The molecule has 3 aromatic rings. The molecule has 0 radical (unpaired) electrons. The van der Waals surface area contributed by atoms with E-state index in [9.17, 15) is 5.11 Å². The number of rotatable bonds is 2. The molecule has 20 heavy (non-hydrogen) atoms. The molecule has 0 bridgehead atoms. The Morgan fingerprint density at radius 1 is 1.15 bits per heavy atom. The second-order valence-corrected chi connectivity index (χ2v) is 5.45. The van der Waals surface area contributed by atoms with Gasteiger partial charge < -0.3 is 10.8 Å². The van der Waals surface area contributed by atoms with Gasteiger partial charge in [-0.3, -0.25) is 4.98 Å². The molecule has 0 aliphatic carbocycles. The standard InChI is InChI=1S/C15H13NOS.CH5N/c1-10-8-16-9-14-12(10)7-13(18-14)15(17)11-5-3-2-4-6-11;1-2/h2-9,15,17H,1H3;2H2,1H3. The van der Waals surface area contributed by atoms with Crippen LogP contribution >= 0.6 is 11.3 Å². The van der Waals surface area contributed by atoms with Gasteiger partial charge in [-0.05, 0) is 36.6 Å². The molecule has 0 saturated carbocycles. The Bertz CT molecular complexity index is 679. The van der Waals surface area contributed by atoms with E-state index in [1.54, 1.807) is 11.3 Å². The van der Waals surface area contributed by atoms with Crippen LogP contribution < -0.4 is 5.73 Å². The highest BCUT2D eigenvalue weighted by Crippen LogP contribution is 2.33. The van der Waals surface area contributed by atoms with Gasteiger partial charge in [0.2, 0.25) is 0 Å². The number of aromatic nitrogens is 1. The van der Waals surface area contributed by atoms with Gasteiger partial charge in [-0.25, -0.2) is 0 Å². The van der Waals surface area contributed by atoms with Gasteiger partial charge in [-0.1, -0.05) is 30.3 Å². The summed E-state index contributed by atoms with van der Waals surface area (Å²) in [5, 5.41) is 11.6. The van der Waals surface area contributed by atoms with E-state index in [2.05, 4.69) is 16.8 Å². The van der Waals surface area contributed by atoms with Crippen molar-refractivity contribution in [1.82, 2.24) is 4.98 Å². The van der Waals surface area contributed by atoms with E-state index in [-0.39, 0.29) is 0 Å². The number of hydrogen-bond acceptors (Lipinski definition) is 4. The number of pyridine rings is 1. The lowest BCUT2D eigenvalue weighted by atomic mass is 10.1. The molecule has 0 aliphatic heterocycles. The molecule has 3 nitrogen and oxygen atoms in total. The van der Waals surface area contributed by atoms with E-state index in [4.69, 9.17) is 0 Å². The maximum atomic E-state index is 10.4. The van der Waals surface area contributed by atoms with Crippen LogP contribution in [0.3, 0.4) is 0 Å². The number of fused-ring (bicyclic) bond motifs is 1. The third kappa shape index (κ3) is 2.88. The number of aliphatic hydroxyl groups excluding tert-OH is 1. The molecule has 2 aromatic heterocycles. The predicted molar refractivity (Wildman–Crippen MR) is 85.0 cm³/mol. The quantitative estimate of drug-likeness (QED) is 0.760. The lowest BCUT2D eigenvalue weighted by Gasteiger charge is -2.07. The molecular formula is C16H18N2OS. The van der Waals surface area contributed by atoms with Crippen molar-refractivity contribution in [2.24, 2.45) is 5.73 Å². The summed E-state index contributed by atoms with van der Waals surface area (Å²) in [6.45, 7) is 2.04.